The lowest BCUT2D eigenvalue weighted by Crippen LogP contribution is -2.47. The molecule has 1 aliphatic heterocycles. The Bertz CT molecular complexity index is 1440. The van der Waals surface area contributed by atoms with Gasteiger partial charge in [0.05, 0.1) is 42.2 Å². The van der Waals surface area contributed by atoms with Crippen molar-refractivity contribution in [1.82, 2.24) is 9.21 Å². The van der Waals surface area contributed by atoms with Crippen LogP contribution in [0.25, 0.3) is 0 Å². The number of ether oxygens (including phenoxy) is 2. The fourth-order valence-corrected chi connectivity index (χ4v) is 5.31. The van der Waals surface area contributed by atoms with Gasteiger partial charge in [0.1, 0.15) is 5.75 Å². The number of nitrogens with zero attached hydrogens (tertiary/aromatic N) is 2. The van der Waals surface area contributed by atoms with E-state index in [4.69, 9.17) is 9.47 Å². The van der Waals surface area contributed by atoms with E-state index in [1.165, 1.54) is 22.3 Å². The largest absolute Gasteiger partial charge is 0.490 e. The summed E-state index contributed by atoms with van der Waals surface area (Å²) < 4.78 is 76.5. The van der Waals surface area contributed by atoms with Crippen molar-refractivity contribution in [2.75, 3.05) is 50.2 Å². The highest BCUT2D eigenvalue weighted by atomic mass is 32.2. The number of hydrogen-bond donors (Lipinski definition) is 3. The van der Waals surface area contributed by atoms with Gasteiger partial charge in [0.25, 0.3) is 5.91 Å². The van der Waals surface area contributed by atoms with Gasteiger partial charge >= 0.3 is 12.2 Å². The number of sulfonamides is 1. The fourth-order valence-electron chi connectivity index (χ4n) is 4.89. The molecule has 0 aromatic heterocycles. The minimum atomic E-state index is -4.51. The molecule has 11 nitrogen and oxygen atoms in total. The minimum absolute atomic E-state index is 0.0771. The molecule has 2 aromatic carbocycles. The molecule has 0 saturated carbocycles. The van der Waals surface area contributed by atoms with Crippen LogP contribution in [0.15, 0.2) is 42.5 Å². The number of aliphatic hydroxyl groups is 1. The predicted octanol–water partition coefficient (Wildman–Crippen LogP) is 5.04. The van der Waals surface area contributed by atoms with Crippen molar-refractivity contribution in [2.45, 2.75) is 64.5 Å². The van der Waals surface area contributed by atoms with Crippen molar-refractivity contribution in [1.29, 1.82) is 0 Å². The van der Waals surface area contributed by atoms with Crippen molar-refractivity contribution < 1.29 is 45.8 Å². The third kappa shape index (κ3) is 10.6. The normalized spacial score (nSPS) is 21.1. The van der Waals surface area contributed by atoms with Crippen LogP contribution in [0.1, 0.15) is 56.0 Å². The molecule has 1 heterocycles. The number of benzene rings is 2. The van der Waals surface area contributed by atoms with Crippen LogP contribution in [0.3, 0.4) is 0 Å². The number of nitrogens with one attached hydrogen (secondary N) is 2. The Kier molecular flexibility index (Phi) is 12.8. The van der Waals surface area contributed by atoms with Gasteiger partial charge in [-0.25, -0.2) is 17.5 Å². The Morgan fingerprint density at radius 3 is 2.35 bits per heavy atom. The number of likely N-dealkylation sites (N-methyl/N-ethyl adjacent to an activating group) is 1. The van der Waals surface area contributed by atoms with Crippen molar-refractivity contribution in [2.24, 2.45) is 5.92 Å². The molecule has 0 unspecified atom stereocenters. The minimum Gasteiger partial charge on any atom is -0.490 e. The van der Waals surface area contributed by atoms with Crippen LogP contribution in [0.5, 0.6) is 5.75 Å². The third-order valence-electron chi connectivity index (χ3n) is 7.78. The predicted molar refractivity (Wildman–Crippen MR) is 168 cm³/mol. The van der Waals surface area contributed by atoms with Gasteiger partial charge in [-0.3, -0.25) is 4.79 Å². The van der Waals surface area contributed by atoms with E-state index in [1.807, 2.05) is 13.8 Å². The molecule has 0 spiro atoms. The van der Waals surface area contributed by atoms with Gasteiger partial charge in [-0.1, -0.05) is 6.92 Å². The van der Waals surface area contributed by atoms with E-state index in [0.717, 1.165) is 36.9 Å². The van der Waals surface area contributed by atoms with Crippen molar-refractivity contribution >= 4 is 33.3 Å². The first-order chi connectivity index (χ1) is 21.5. The number of aliphatic hydroxyl groups excluding tert-OH is 1. The summed E-state index contributed by atoms with van der Waals surface area (Å²) in [6.07, 6.45) is -2.12. The zero-order valence-electron chi connectivity index (χ0n) is 26.6. The number of urea groups is 1. The molecular weight excluding hydrogens is 629 g/mol. The van der Waals surface area contributed by atoms with Crippen LogP contribution in [-0.4, -0.2) is 92.5 Å². The smallest absolute Gasteiger partial charge is 0.416 e. The monoisotopic (exact) mass is 672 g/mol. The van der Waals surface area contributed by atoms with E-state index in [2.05, 4.69) is 10.6 Å². The van der Waals surface area contributed by atoms with E-state index < -0.39 is 45.8 Å². The third-order valence-corrected chi connectivity index (χ3v) is 9.06. The van der Waals surface area contributed by atoms with Crippen LogP contribution in [0.2, 0.25) is 0 Å². The fraction of sp³-hybridized carbons (Fsp3) is 0.548. The number of carbonyl (C=O) groups excluding carboxylic acids is 2. The van der Waals surface area contributed by atoms with Gasteiger partial charge in [-0.2, -0.15) is 13.2 Å². The van der Waals surface area contributed by atoms with Gasteiger partial charge in [0.15, 0.2) is 0 Å². The summed E-state index contributed by atoms with van der Waals surface area (Å²) in [4.78, 5) is 28.4. The van der Waals surface area contributed by atoms with Crippen LogP contribution in [0.4, 0.5) is 29.3 Å². The van der Waals surface area contributed by atoms with Crippen molar-refractivity contribution in [3.05, 3.63) is 53.6 Å². The Morgan fingerprint density at radius 2 is 1.74 bits per heavy atom. The zero-order valence-corrected chi connectivity index (χ0v) is 27.5. The maximum absolute atomic E-state index is 14.2. The van der Waals surface area contributed by atoms with E-state index in [9.17, 15) is 36.3 Å². The summed E-state index contributed by atoms with van der Waals surface area (Å²) in [5, 5.41) is 15.1. The number of hydrogen-bond acceptors (Lipinski definition) is 7. The molecule has 3 amide bonds. The number of alkyl halides is 3. The summed E-state index contributed by atoms with van der Waals surface area (Å²) >= 11 is 0. The van der Waals surface area contributed by atoms with E-state index in [-0.39, 0.29) is 54.4 Å². The van der Waals surface area contributed by atoms with Gasteiger partial charge in [-0.15, -0.1) is 0 Å². The highest BCUT2D eigenvalue weighted by Crippen LogP contribution is 2.31. The van der Waals surface area contributed by atoms with Crippen LogP contribution < -0.4 is 15.4 Å². The number of amides is 3. The SMILES string of the molecule is C[C@@H]1CCCCO[C@@H](CN(C)S(C)(=O)=O)[C@@H](C)CN([C@H](C)CO)C(=O)c2cc(NC(=O)Nc3ccc(C(F)(F)F)cc3)ccc2O1. The van der Waals surface area contributed by atoms with Crippen molar-refractivity contribution in [3.63, 3.8) is 0 Å². The van der Waals surface area contributed by atoms with E-state index >= 15 is 0 Å². The molecule has 4 atom stereocenters. The molecular formula is C31H43F3N4O7S. The van der Waals surface area contributed by atoms with Gasteiger partial charge in [0.2, 0.25) is 10.0 Å². The van der Waals surface area contributed by atoms with Crippen LogP contribution >= 0.6 is 0 Å². The molecule has 0 radical (unpaired) electrons. The number of halogens is 3. The van der Waals surface area contributed by atoms with Gasteiger partial charge < -0.3 is 30.1 Å². The van der Waals surface area contributed by atoms with Crippen molar-refractivity contribution in [3.8, 4) is 5.75 Å². The molecule has 0 bridgehead atoms. The second-order valence-electron chi connectivity index (χ2n) is 11.7. The average Bonchev–Trinajstić information content (AvgIpc) is 2.97. The average molecular weight is 673 g/mol. The topological polar surface area (TPSA) is 138 Å². The lowest BCUT2D eigenvalue weighted by molar-refractivity contribution is -0.137. The Labute approximate surface area is 268 Å². The van der Waals surface area contributed by atoms with Crippen LogP contribution in [-0.2, 0) is 20.9 Å². The summed E-state index contributed by atoms with van der Waals surface area (Å²) in [6.45, 7) is 5.62. The molecule has 2 aromatic rings. The van der Waals surface area contributed by atoms with E-state index in [0.29, 0.717) is 19.4 Å². The molecule has 256 valence electrons. The molecule has 3 N–H and O–H groups in total. The highest BCUT2D eigenvalue weighted by Gasteiger charge is 2.32. The standard InChI is InChI=1S/C31H43F3N4O7S/c1-20-17-38(21(2)19-39)29(40)26-16-25(36-30(41)35-24-11-9-23(10-12-24)31(32,33)34)13-14-27(26)45-22(3)8-6-7-15-44-28(20)18-37(4)46(5,42)43/h9-14,16,20-22,28,39H,6-8,15,17-19H2,1-5H3,(H2,35,36,41)/t20-,21+,22+,28-/m0/s1. The lowest BCUT2D eigenvalue weighted by Gasteiger charge is -2.35. The molecule has 3 rings (SSSR count). The first-order valence-electron chi connectivity index (χ1n) is 15.0. The first kappa shape index (κ1) is 37.1. The Balaban J connectivity index is 1.92. The maximum Gasteiger partial charge on any atom is 0.416 e. The summed E-state index contributed by atoms with van der Waals surface area (Å²) in [5.41, 5.74) is -0.384. The quantitative estimate of drug-likeness (QED) is 0.375. The van der Waals surface area contributed by atoms with Gasteiger partial charge in [0, 0.05) is 44.0 Å². The molecule has 0 fully saturated rings. The molecule has 0 saturated heterocycles. The number of fused-ring (bicyclic) bond motifs is 1. The molecule has 15 heteroatoms. The zero-order chi connectivity index (χ0) is 34.2. The maximum atomic E-state index is 14.2. The summed E-state index contributed by atoms with van der Waals surface area (Å²) in [6, 6.07) is 7.12. The summed E-state index contributed by atoms with van der Waals surface area (Å²) in [5.74, 6) is -0.561. The molecule has 46 heavy (non-hydrogen) atoms. The molecule has 0 aliphatic carbocycles. The first-order valence-corrected chi connectivity index (χ1v) is 16.8. The number of anilines is 2. The summed E-state index contributed by atoms with van der Waals surface area (Å²) in [7, 11) is -2.02. The van der Waals surface area contributed by atoms with Crippen LogP contribution in [0, 0.1) is 5.92 Å². The second kappa shape index (κ2) is 15.9. The Morgan fingerprint density at radius 1 is 1.11 bits per heavy atom. The lowest BCUT2D eigenvalue weighted by atomic mass is 10.0. The molecule has 1 aliphatic rings. The van der Waals surface area contributed by atoms with E-state index in [1.54, 1.807) is 19.1 Å². The highest BCUT2D eigenvalue weighted by molar-refractivity contribution is 7.88. The number of rotatable bonds is 7. The van der Waals surface area contributed by atoms with Gasteiger partial charge in [-0.05, 0) is 75.6 Å². The Hall–Kier alpha value is -3.40. The number of carbonyl (C=O) groups is 2. The second-order valence-corrected chi connectivity index (χ2v) is 13.8.